The highest BCUT2D eigenvalue weighted by Gasteiger charge is 2.10. The van der Waals surface area contributed by atoms with Crippen LogP contribution in [0.25, 0.3) is 0 Å². The number of carboxylic acid groups (broad SMARTS) is 1. The van der Waals surface area contributed by atoms with E-state index >= 15 is 0 Å². The molecule has 0 heterocycles. The van der Waals surface area contributed by atoms with Crippen molar-refractivity contribution < 1.29 is 15.0 Å². The van der Waals surface area contributed by atoms with Crippen LogP contribution in [0.5, 0.6) is 5.75 Å². The second kappa shape index (κ2) is 4.79. The lowest BCUT2D eigenvalue weighted by molar-refractivity contribution is 0.0696. The van der Waals surface area contributed by atoms with Crippen molar-refractivity contribution in [2.75, 3.05) is 0 Å². The standard InChI is InChI=1S/C11H15NO3/c1-2-9(12)6-8-5-7(11(14)15)3-4-10(8)13/h3-5,9,13H,2,6,12H2,1H3,(H,14,15). The van der Waals surface area contributed by atoms with E-state index in [1.807, 2.05) is 6.92 Å². The largest absolute Gasteiger partial charge is 0.508 e. The molecule has 1 rings (SSSR count). The molecule has 0 aliphatic heterocycles. The summed E-state index contributed by atoms with van der Waals surface area (Å²) in [6.07, 6.45) is 1.28. The maximum absolute atomic E-state index is 10.7. The second-order valence-electron chi connectivity index (χ2n) is 3.52. The zero-order valence-electron chi connectivity index (χ0n) is 8.60. The Bertz CT molecular complexity index is 363. The predicted octanol–water partition coefficient (Wildman–Crippen LogP) is 1.37. The van der Waals surface area contributed by atoms with Crippen LogP contribution in [0, 0.1) is 0 Å². The first-order valence-corrected chi connectivity index (χ1v) is 4.85. The van der Waals surface area contributed by atoms with Crippen molar-refractivity contribution in [3.8, 4) is 5.75 Å². The summed E-state index contributed by atoms with van der Waals surface area (Å²) in [5, 5.41) is 18.3. The summed E-state index contributed by atoms with van der Waals surface area (Å²) >= 11 is 0. The minimum atomic E-state index is -0.999. The number of carboxylic acids is 1. The van der Waals surface area contributed by atoms with Crippen LogP contribution < -0.4 is 5.73 Å². The molecule has 0 aliphatic carbocycles. The summed E-state index contributed by atoms with van der Waals surface area (Å²) in [5.41, 5.74) is 6.50. The summed E-state index contributed by atoms with van der Waals surface area (Å²) in [5.74, 6) is -0.898. The summed E-state index contributed by atoms with van der Waals surface area (Å²) in [4.78, 5) is 10.7. The minimum absolute atomic E-state index is 0.0556. The molecule has 0 fully saturated rings. The SMILES string of the molecule is CCC(N)Cc1cc(C(=O)O)ccc1O. The molecule has 0 aliphatic rings. The summed E-state index contributed by atoms with van der Waals surface area (Å²) < 4.78 is 0. The third-order valence-corrected chi connectivity index (χ3v) is 2.33. The van der Waals surface area contributed by atoms with E-state index in [1.165, 1.54) is 18.2 Å². The topological polar surface area (TPSA) is 83.6 Å². The summed E-state index contributed by atoms with van der Waals surface area (Å²) in [7, 11) is 0. The Morgan fingerprint density at radius 3 is 2.73 bits per heavy atom. The molecule has 1 aromatic rings. The van der Waals surface area contributed by atoms with Gasteiger partial charge in [-0.05, 0) is 36.6 Å². The van der Waals surface area contributed by atoms with Crippen molar-refractivity contribution in [3.63, 3.8) is 0 Å². The van der Waals surface area contributed by atoms with E-state index in [-0.39, 0.29) is 17.4 Å². The highest BCUT2D eigenvalue weighted by Crippen LogP contribution is 2.20. The van der Waals surface area contributed by atoms with Gasteiger partial charge in [0.25, 0.3) is 0 Å². The number of hydrogen-bond donors (Lipinski definition) is 3. The Morgan fingerprint density at radius 2 is 2.20 bits per heavy atom. The van der Waals surface area contributed by atoms with Crippen molar-refractivity contribution in [1.29, 1.82) is 0 Å². The third-order valence-electron chi connectivity index (χ3n) is 2.33. The fourth-order valence-electron chi connectivity index (χ4n) is 1.31. The Kier molecular flexibility index (Phi) is 3.68. The maximum Gasteiger partial charge on any atom is 0.335 e. The Hall–Kier alpha value is -1.55. The Balaban J connectivity index is 2.95. The quantitative estimate of drug-likeness (QED) is 0.699. The molecule has 82 valence electrons. The first-order chi connectivity index (χ1) is 7.04. The number of aromatic hydroxyl groups is 1. The van der Waals surface area contributed by atoms with Gasteiger partial charge in [-0.25, -0.2) is 4.79 Å². The number of carbonyl (C=O) groups is 1. The first-order valence-electron chi connectivity index (χ1n) is 4.85. The number of hydrogen-bond acceptors (Lipinski definition) is 3. The lowest BCUT2D eigenvalue weighted by Crippen LogP contribution is -2.21. The highest BCUT2D eigenvalue weighted by molar-refractivity contribution is 5.88. The van der Waals surface area contributed by atoms with Crippen LogP contribution in [-0.2, 0) is 6.42 Å². The molecule has 15 heavy (non-hydrogen) atoms. The number of rotatable bonds is 4. The fraction of sp³-hybridized carbons (Fsp3) is 0.364. The molecule has 4 N–H and O–H groups in total. The van der Waals surface area contributed by atoms with Gasteiger partial charge in [0.15, 0.2) is 0 Å². The van der Waals surface area contributed by atoms with E-state index in [9.17, 15) is 9.90 Å². The summed E-state index contributed by atoms with van der Waals surface area (Å²) in [6.45, 7) is 1.95. The monoisotopic (exact) mass is 209 g/mol. The molecule has 4 heteroatoms. The van der Waals surface area contributed by atoms with Crippen LogP contribution in [0.3, 0.4) is 0 Å². The molecule has 1 aromatic carbocycles. The molecule has 1 atom stereocenters. The van der Waals surface area contributed by atoms with Gasteiger partial charge in [-0.3, -0.25) is 0 Å². The first kappa shape index (κ1) is 11.5. The van der Waals surface area contributed by atoms with Gasteiger partial charge in [-0.1, -0.05) is 6.92 Å². The van der Waals surface area contributed by atoms with Gasteiger partial charge in [0.2, 0.25) is 0 Å². The number of nitrogens with two attached hydrogens (primary N) is 1. The number of phenolic OH excluding ortho intramolecular Hbond substituents is 1. The average molecular weight is 209 g/mol. The number of phenols is 1. The maximum atomic E-state index is 10.7. The minimum Gasteiger partial charge on any atom is -0.508 e. The van der Waals surface area contributed by atoms with Crippen molar-refractivity contribution in [1.82, 2.24) is 0 Å². The van der Waals surface area contributed by atoms with Crippen LogP contribution in [0.4, 0.5) is 0 Å². The third kappa shape index (κ3) is 2.95. The van der Waals surface area contributed by atoms with Gasteiger partial charge in [-0.15, -0.1) is 0 Å². The molecule has 0 saturated carbocycles. The van der Waals surface area contributed by atoms with E-state index in [0.717, 1.165) is 6.42 Å². The second-order valence-corrected chi connectivity index (χ2v) is 3.52. The van der Waals surface area contributed by atoms with Crippen LogP contribution in [0.1, 0.15) is 29.3 Å². The van der Waals surface area contributed by atoms with E-state index in [1.54, 1.807) is 0 Å². The van der Waals surface area contributed by atoms with E-state index < -0.39 is 5.97 Å². The molecular weight excluding hydrogens is 194 g/mol. The predicted molar refractivity (Wildman–Crippen MR) is 57.0 cm³/mol. The van der Waals surface area contributed by atoms with Gasteiger partial charge in [-0.2, -0.15) is 0 Å². The van der Waals surface area contributed by atoms with E-state index in [0.29, 0.717) is 12.0 Å². The zero-order chi connectivity index (χ0) is 11.4. The van der Waals surface area contributed by atoms with Gasteiger partial charge in [0.1, 0.15) is 5.75 Å². The van der Waals surface area contributed by atoms with E-state index in [2.05, 4.69) is 0 Å². The van der Waals surface area contributed by atoms with Crippen molar-refractivity contribution in [3.05, 3.63) is 29.3 Å². The smallest absolute Gasteiger partial charge is 0.335 e. The van der Waals surface area contributed by atoms with Crippen molar-refractivity contribution >= 4 is 5.97 Å². The normalized spacial score (nSPS) is 12.4. The van der Waals surface area contributed by atoms with Crippen molar-refractivity contribution in [2.24, 2.45) is 5.73 Å². The molecule has 0 radical (unpaired) electrons. The average Bonchev–Trinajstić information content (AvgIpc) is 2.20. The van der Waals surface area contributed by atoms with Crippen LogP contribution >= 0.6 is 0 Å². The van der Waals surface area contributed by atoms with Crippen LogP contribution in [0.15, 0.2) is 18.2 Å². The number of aromatic carboxylic acids is 1. The molecular formula is C11H15NO3. The lowest BCUT2D eigenvalue weighted by atomic mass is 10.0. The van der Waals surface area contributed by atoms with E-state index in [4.69, 9.17) is 10.8 Å². The molecule has 0 bridgehead atoms. The molecule has 1 unspecified atom stereocenters. The fourth-order valence-corrected chi connectivity index (χ4v) is 1.31. The molecule has 4 nitrogen and oxygen atoms in total. The molecule has 0 amide bonds. The lowest BCUT2D eigenvalue weighted by Gasteiger charge is -2.10. The van der Waals surface area contributed by atoms with Crippen molar-refractivity contribution in [2.45, 2.75) is 25.8 Å². The van der Waals surface area contributed by atoms with Gasteiger partial charge in [0.05, 0.1) is 5.56 Å². The Morgan fingerprint density at radius 1 is 1.53 bits per heavy atom. The van der Waals surface area contributed by atoms with Crippen LogP contribution in [-0.4, -0.2) is 22.2 Å². The molecule has 0 saturated heterocycles. The molecule has 0 spiro atoms. The summed E-state index contributed by atoms with van der Waals surface area (Å²) in [6, 6.07) is 4.17. The van der Waals surface area contributed by atoms with Crippen LogP contribution in [0.2, 0.25) is 0 Å². The van der Waals surface area contributed by atoms with Gasteiger partial charge < -0.3 is 15.9 Å². The van der Waals surface area contributed by atoms with Gasteiger partial charge in [0, 0.05) is 6.04 Å². The Labute approximate surface area is 88.3 Å². The molecule has 0 aromatic heterocycles. The van der Waals surface area contributed by atoms with Gasteiger partial charge >= 0.3 is 5.97 Å². The number of benzene rings is 1. The highest BCUT2D eigenvalue weighted by atomic mass is 16.4. The zero-order valence-corrected chi connectivity index (χ0v) is 8.60.